The number of fused-ring (bicyclic) bond motifs is 1. The molecule has 1 amide bonds. The summed E-state index contributed by atoms with van der Waals surface area (Å²) in [5, 5.41) is 3.38. The maximum atomic E-state index is 12.7. The molecule has 5 nitrogen and oxygen atoms in total. The summed E-state index contributed by atoms with van der Waals surface area (Å²) < 4.78 is 10.6. The summed E-state index contributed by atoms with van der Waals surface area (Å²) in [6, 6.07) is 11.2. The van der Waals surface area contributed by atoms with Gasteiger partial charge in [-0.05, 0) is 49.7 Å². The zero-order valence-electron chi connectivity index (χ0n) is 13.8. The van der Waals surface area contributed by atoms with Gasteiger partial charge in [-0.15, -0.1) is 0 Å². The van der Waals surface area contributed by atoms with E-state index in [1.807, 2.05) is 18.2 Å². The Morgan fingerprint density at radius 2 is 1.96 bits per heavy atom. The van der Waals surface area contributed by atoms with Crippen molar-refractivity contribution >= 4 is 23.2 Å². The molecule has 2 aromatic carbocycles. The second kappa shape index (κ2) is 6.94. The molecule has 0 bridgehead atoms. The smallest absolute Gasteiger partial charge is 0.255 e. The first kappa shape index (κ1) is 16.2. The van der Waals surface area contributed by atoms with Crippen LogP contribution in [0.3, 0.4) is 0 Å². The number of nitrogens with one attached hydrogen (secondary N) is 1. The molecular weight excluding hydrogens is 340 g/mol. The van der Waals surface area contributed by atoms with Crippen molar-refractivity contribution in [3.63, 3.8) is 0 Å². The minimum atomic E-state index is -0.214. The van der Waals surface area contributed by atoms with Crippen LogP contribution in [-0.2, 0) is 6.54 Å². The third kappa shape index (κ3) is 3.43. The Hall–Kier alpha value is -2.24. The Balaban J connectivity index is 1.54. The molecule has 25 heavy (non-hydrogen) atoms. The van der Waals surface area contributed by atoms with Crippen LogP contribution in [0.15, 0.2) is 36.4 Å². The molecule has 130 valence electrons. The molecule has 0 spiro atoms. The van der Waals surface area contributed by atoms with E-state index in [9.17, 15) is 4.79 Å². The Morgan fingerprint density at radius 3 is 2.80 bits per heavy atom. The Morgan fingerprint density at radius 1 is 1.16 bits per heavy atom. The van der Waals surface area contributed by atoms with Crippen LogP contribution >= 0.6 is 11.6 Å². The number of para-hydroxylation sites is 1. The number of ether oxygens (including phenoxy) is 2. The first-order valence-corrected chi connectivity index (χ1v) is 8.79. The molecule has 2 aromatic rings. The number of amides is 1. The number of anilines is 1. The first-order chi connectivity index (χ1) is 12.2. The number of carbonyl (C=O) groups excluding carboxylic acids is 1. The maximum Gasteiger partial charge on any atom is 0.255 e. The molecule has 1 N–H and O–H groups in total. The van der Waals surface area contributed by atoms with Gasteiger partial charge in [0.1, 0.15) is 0 Å². The lowest BCUT2D eigenvalue weighted by molar-refractivity contribution is 0.102. The molecule has 2 aliphatic heterocycles. The molecular formula is C19H19ClN2O3. The number of nitrogens with zero attached hydrogens (tertiary/aromatic N) is 1. The highest BCUT2D eigenvalue weighted by Gasteiger charge is 2.21. The van der Waals surface area contributed by atoms with Crippen LogP contribution in [0.5, 0.6) is 11.5 Å². The van der Waals surface area contributed by atoms with Crippen LogP contribution in [-0.4, -0.2) is 30.7 Å². The quantitative estimate of drug-likeness (QED) is 0.900. The molecule has 2 aliphatic rings. The number of halogens is 1. The van der Waals surface area contributed by atoms with Crippen molar-refractivity contribution in [2.75, 3.05) is 25.2 Å². The van der Waals surface area contributed by atoms with Crippen molar-refractivity contribution in [2.24, 2.45) is 0 Å². The average molecular weight is 359 g/mol. The van der Waals surface area contributed by atoms with Gasteiger partial charge in [-0.3, -0.25) is 9.69 Å². The van der Waals surface area contributed by atoms with Gasteiger partial charge in [-0.25, -0.2) is 0 Å². The Kier molecular flexibility index (Phi) is 4.51. The van der Waals surface area contributed by atoms with Crippen molar-refractivity contribution in [1.29, 1.82) is 0 Å². The van der Waals surface area contributed by atoms with E-state index in [4.69, 9.17) is 21.1 Å². The molecule has 0 atom stereocenters. The van der Waals surface area contributed by atoms with Crippen LogP contribution in [0.2, 0.25) is 5.02 Å². The lowest BCUT2D eigenvalue weighted by Crippen LogP contribution is -2.20. The molecule has 0 saturated carbocycles. The van der Waals surface area contributed by atoms with E-state index in [-0.39, 0.29) is 12.7 Å². The van der Waals surface area contributed by atoms with E-state index in [0.717, 1.165) is 30.9 Å². The fourth-order valence-corrected chi connectivity index (χ4v) is 3.52. The highest BCUT2D eigenvalue weighted by molar-refractivity contribution is 6.32. The lowest BCUT2D eigenvalue weighted by Gasteiger charge is -2.18. The summed E-state index contributed by atoms with van der Waals surface area (Å²) in [7, 11) is 0. The largest absolute Gasteiger partial charge is 0.454 e. The van der Waals surface area contributed by atoms with Gasteiger partial charge in [0.15, 0.2) is 11.5 Å². The molecule has 0 unspecified atom stereocenters. The Bertz CT molecular complexity index is 803. The van der Waals surface area contributed by atoms with Crippen LogP contribution in [0, 0.1) is 0 Å². The van der Waals surface area contributed by atoms with E-state index in [0.29, 0.717) is 22.1 Å². The van der Waals surface area contributed by atoms with Crippen molar-refractivity contribution in [1.82, 2.24) is 4.90 Å². The number of rotatable bonds is 4. The highest BCUT2D eigenvalue weighted by atomic mass is 35.5. The van der Waals surface area contributed by atoms with E-state index < -0.39 is 0 Å². The van der Waals surface area contributed by atoms with E-state index in [1.165, 1.54) is 12.8 Å². The number of hydrogen-bond donors (Lipinski definition) is 1. The van der Waals surface area contributed by atoms with Crippen LogP contribution in [0.1, 0.15) is 28.8 Å². The second-order valence-electron chi connectivity index (χ2n) is 6.29. The van der Waals surface area contributed by atoms with Gasteiger partial charge in [0.25, 0.3) is 5.91 Å². The highest BCUT2D eigenvalue weighted by Crippen LogP contribution is 2.40. The van der Waals surface area contributed by atoms with Crippen molar-refractivity contribution in [3.05, 3.63) is 52.5 Å². The topological polar surface area (TPSA) is 50.8 Å². The van der Waals surface area contributed by atoms with Gasteiger partial charge in [0, 0.05) is 17.8 Å². The van der Waals surface area contributed by atoms with Gasteiger partial charge >= 0.3 is 0 Å². The van der Waals surface area contributed by atoms with Gasteiger partial charge in [0.05, 0.1) is 5.02 Å². The number of carbonyl (C=O) groups is 1. The van der Waals surface area contributed by atoms with E-state index in [1.54, 1.807) is 12.1 Å². The number of hydrogen-bond acceptors (Lipinski definition) is 4. The zero-order valence-corrected chi connectivity index (χ0v) is 14.5. The molecule has 0 aliphatic carbocycles. The zero-order chi connectivity index (χ0) is 17.2. The molecule has 4 rings (SSSR count). The van der Waals surface area contributed by atoms with E-state index in [2.05, 4.69) is 16.3 Å². The fourth-order valence-electron chi connectivity index (χ4n) is 3.25. The van der Waals surface area contributed by atoms with Gasteiger partial charge in [-0.1, -0.05) is 29.8 Å². The van der Waals surface area contributed by atoms with E-state index >= 15 is 0 Å². The lowest BCUT2D eigenvalue weighted by atomic mass is 10.1. The molecule has 1 fully saturated rings. The standard InChI is InChI=1S/C19H19ClN2O3/c20-15-9-14(10-17-18(15)25-12-24-17)19(23)21-16-6-2-1-5-13(16)11-22-7-3-4-8-22/h1-2,5-6,9-10H,3-4,7-8,11-12H2,(H,21,23). The predicted molar refractivity (Wildman–Crippen MR) is 96.5 cm³/mol. The average Bonchev–Trinajstić information content (AvgIpc) is 3.28. The summed E-state index contributed by atoms with van der Waals surface area (Å²) in [5.74, 6) is 0.782. The maximum absolute atomic E-state index is 12.7. The summed E-state index contributed by atoms with van der Waals surface area (Å²) in [6.07, 6.45) is 2.48. The monoisotopic (exact) mass is 358 g/mol. The minimum absolute atomic E-state index is 0.124. The summed E-state index contributed by atoms with van der Waals surface area (Å²) in [6.45, 7) is 3.19. The van der Waals surface area contributed by atoms with Crippen LogP contribution in [0.4, 0.5) is 5.69 Å². The number of likely N-dealkylation sites (tertiary alicyclic amines) is 1. The summed E-state index contributed by atoms with van der Waals surface area (Å²) in [5.41, 5.74) is 2.39. The minimum Gasteiger partial charge on any atom is -0.454 e. The van der Waals surface area contributed by atoms with Gasteiger partial charge < -0.3 is 14.8 Å². The predicted octanol–water partition coefficient (Wildman–Crippen LogP) is 3.92. The van der Waals surface area contributed by atoms with Crippen molar-refractivity contribution in [3.8, 4) is 11.5 Å². The van der Waals surface area contributed by atoms with Gasteiger partial charge in [-0.2, -0.15) is 0 Å². The van der Waals surface area contributed by atoms with Crippen molar-refractivity contribution < 1.29 is 14.3 Å². The van der Waals surface area contributed by atoms with Crippen LogP contribution < -0.4 is 14.8 Å². The third-order valence-corrected chi connectivity index (χ3v) is 4.83. The molecule has 2 heterocycles. The third-order valence-electron chi connectivity index (χ3n) is 4.55. The van der Waals surface area contributed by atoms with Crippen LogP contribution in [0.25, 0.3) is 0 Å². The fraction of sp³-hybridized carbons (Fsp3) is 0.316. The summed E-state index contributed by atoms with van der Waals surface area (Å²) in [4.78, 5) is 15.1. The number of benzene rings is 2. The molecule has 1 saturated heterocycles. The second-order valence-corrected chi connectivity index (χ2v) is 6.69. The van der Waals surface area contributed by atoms with Gasteiger partial charge in [0.2, 0.25) is 6.79 Å². The summed E-state index contributed by atoms with van der Waals surface area (Å²) >= 11 is 6.17. The van der Waals surface area contributed by atoms with Crippen molar-refractivity contribution in [2.45, 2.75) is 19.4 Å². The first-order valence-electron chi connectivity index (χ1n) is 8.41. The SMILES string of the molecule is O=C(Nc1ccccc1CN1CCCC1)c1cc(Cl)c2c(c1)OCO2. The molecule has 6 heteroatoms. The molecule has 0 aromatic heterocycles. The molecule has 0 radical (unpaired) electrons. The normalized spacial score (nSPS) is 16.2. The Labute approximate surface area is 151 Å².